The third kappa shape index (κ3) is 2.72. The molecule has 2 atom stereocenters. The van der Waals surface area contributed by atoms with Gasteiger partial charge in [-0.15, -0.1) is 0 Å². The molecule has 3 heteroatoms. The maximum atomic E-state index is 5.91. The summed E-state index contributed by atoms with van der Waals surface area (Å²) in [6.07, 6.45) is 3.54. The number of nitrogens with one attached hydrogen (secondary N) is 1. The van der Waals surface area contributed by atoms with E-state index in [1.54, 1.807) is 0 Å². The van der Waals surface area contributed by atoms with Gasteiger partial charge in [0.25, 0.3) is 0 Å². The molecule has 1 aliphatic carbocycles. The Morgan fingerprint density at radius 3 is 2.89 bits per heavy atom. The second-order valence-corrected chi connectivity index (χ2v) is 7.25. The molecule has 1 fully saturated rings. The number of hydrogen-bond donors (Lipinski definition) is 1. The summed E-state index contributed by atoms with van der Waals surface area (Å²) in [7, 11) is 2.21. The molecule has 2 aliphatic rings. The first kappa shape index (κ1) is 13.2. The van der Waals surface area contributed by atoms with E-state index < -0.39 is 0 Å². The van der Waals surface area contributed by atoms with Crippen LogP contribution in [0.15, 0.2) is 10.5 Å². The van der Waals surface area contributed by atoms with Crippen LogP contribution in [-0.2, 0) is 6.42 Å². The lowest BCUT2D eigenvalue weighted by molar-refractivity contribution is 0.224. The van der Waals surface area contributed by atoms with Gasteiger partial charge in [0.05, 0.1) is 0 Å². The molecule has 3 rings (SSSR count). The third-order valence-electron chi connectivity index (χ3n) is 4.56. The molecule has 1 aromatic heterocycles. The molecule has 0 spiro atoms. The van der Waals surface area contributed by atoms with Crippen molar-refractivity contribution in [1.29, 1.82) is 0 Å². The minimum absolute atomic E-state index is 0.333. The van der Waals surface area contributed by atoms with Crippen molar-refractivity contribution >= 4 is 0 Å². The summed E-state index contributed by atoms with van der Waals surface area (Å²) < 4.78 is 5.91. The molecule has 19 heavy (non-hydrogen) atoms. The Morgan fingerprint density at radius 1 is 1.42 bits per heavy atom. The van der Waals surface area contributed by atoms with Gasteiger partial charge in [0, 0.05) is 30.6 Å². The number of hydrogen-bond acceptors (Lipinski definition) is 3. The molecular formula is C16H26N2O. The van der Waals surface area contributed by atoms with Crippen LogP contribution in [0.2, 0.25) is 0 Å². The first-order chi connectivity index (χ1) is 8.93. The molecule has 2 unspecified atom stereocenters. The zero-order chi connectivity index (χ0) is 13.6. The smallest absolute Gasteiger partial charge is 0.109 e. The Labute approximate surface area is 116 Å². The number of likely N-dealkylation sites (tertiary alicyclic amines) is 1. The van der Waals surface area contributed by atoms with Crippen LogP contribution in [0.3, 0.4) is 0 Å². The second kappa shape index (κ2) is 4.64. The largest absolute Gasteiger partial charge is 0.466 e. The van der Waals surface area contributed by atoms with Crippen molar-refractivity contribution in [2.75, 3.05) is 20.1 Å². The minimum Gasteiger partial charge on any atom is -0.466 e. The van der Waals surface area contributed by atoms with E-state index in [1.807, 2.05) is 0 Å². The van der Waals surface area contributed by atoms with Crippen molar-refractivity contribution in [2.24, 2.45) is 5.41 Å². The highest BCUT2D eigenvalue weighted by Gasteiger charge is 2.36. The summed E-state index contributed by atoms with van der Waals surface area (Å²) in [5.41, 5.74) is 1.74. The molecule has 106 valence electrons. The van der Waals surface area contributed by atoms with Gasteiger partial charge in [-0.25, -0.2) is 0 Å². The van der Waals surface area contributed by atoms with E-state index in [4.69, 9.17) is 4.42 Å². The highest BCUT2D eigenvalue weighted by molar-refractivity contribution is 5.29. The van der Waals surface area contributed by atoms with Gasteiger partial charge in [0.2, 0.25) is 0 Å². The Balaban J connectivity index is 1.80. The van der Waals surface area contributed by atoms with Crippen LogP contribution in [0.5, 0.6) is 0 Å². The minimum atomic E-state index is 0.333. The fourth-order valence-electron chi connectivity index (χ4n) is 3.69. The van der Waals surface area contributed by atoms with E-state index in [0.29, 0.717) is 17.5 Å². The summed E-state index contributed by atoms with van der Waals surface area (Å²) in [5, 5.41) is 3.87. The predicted octanol–water partition coefficient (Wildman–Crippen LogP) is 2.90. The van der Waals surface area contributed by atoms with Gasteiger partial charge in [-0.05, 0) is 44.8 Å². The number of fused-ring (bicyclic) bond motifs is 1. The summed E-state index contributed by atoms with van der Waals surface area (Å²) in [6, 6.07) is 3.33. The Hall–Kier alpha value is -0.800. The van der Waals surface area contributed by atoms with Crippen LogP contribution in [0.1, 0.15) is 49.8 Å². The predicted molar refractivity (Wildman–Crippen MR) is 77.3 cm³/mol. The molecule has 0 aromatic carbocycles. The fraction of sp³-hybridized carbons (Fsp3) is 0.750. The van der Waals surface area contributed by atoms with Gasteiger partial charge in [0.1, 0.15) is 11.5 Å². The Bertz CT molecular complexity index is 463. The Kier molecular flexibility index (Phi) is 3.22. The lowest BCUT2D eigenvalue weighted by atomic mass is 9.74. The van der Waals surface area contributed by atoms with Crippen LogP contribution in [0.4, 0.5) is 0 Å². The second-order valence-electron chi connectivity index (χ2n) is 7.25. The number of furan rings is 1. The van der Waals surface area contributed by atoms with Gasteiger partial charge in [0.15, 0.2) is 0 Å². The number of rotatable bonds is 2. The monoisotopic (exact) mass is 262 g/mol. The van der Waals surface area contributed by atoms with Crippen LogP contribution in [-0.4, -0.2) is 31.1 Å². The van der Waals surface area contributed by atoms with Gasteiger partial charge < -0.3 is 14.6 Å². The van der Waals surface area contributed by atoms with Crippen LogP contribution < -0.4 is 5.32 Å². The maximum Gasteiger partial charge on any atom is 0.109 e. The Morgan fingerprint density at radius 2 is 2.21 bits per heavy atom. The van der Waals surface area contributed by atoms with Gasteiger partial charge in [-0.2, -0.15) is 0 Å². The van der Waals surface area contributed by atoms with E-state index in [0.717, 1.165) is 12.2 Å². The van der Waals surface area contributed by atoms with Crippen molar-refractivity contribution in [3.8, 4) is 0 Å². The molecule has 0 saturated carbocycles. The van der Waals surface area contributed by atoms with E-state index in [1.165, 1.54) is 37.3 Å². The summed E-state index contributed by atoms with van der Waals surface area (Å²) in [5.74, 6) is 2.26. The number of aryl methyl sites for hydroxylation is 1. The molecule has 1 aromatic rings. The lowest BCUT2D eigenvalue weighted by Gasteiger charge is -2.36. The summed E-state index contributed by atoms with van der Waals surface area (Å²) in [6.45, 7) is 9.15. The topological polar surface area (TPSA) is 28.4 Å². The molecule has 0 radical (unpaired) electrons. The highest BCUT2D eigenvalue weighted by Crippen LogP contribution is 2.42. The molecular weight excluding hydrogens is 236 g/mol. The van der Waals surface area contributed by atoms with Crippen molar-refractivity contribution in [1.82, 2.24) is 10.2 Å². The molecule has 1 N–H and O–H groups in total. The zero-order valence-electron chi connectivity index (χ0n) is 12.6. The van der Waals surface area contributed by atoms with Crippen LogP contribution >= 0.6 is 0 Å². The van der Waals surface area contributed by atoms with Crippen LogP contribution in [0, 0.1) is 12.3 Å². The normalized spacial score (nSPS) is 30.5. The lowest BCUT2D eigenvalue weighted by Crippen LogP contribution is -2.39. The summed E-state index contributed by atoms with van der Waals surface area (Å²) >= 11 is 0. The van der Waals surface area contributed by atoms with Crippen LogP contribution in [0.25, 0.3) is 0 Å². The SMILES string of the molecule is Cc1cc2c(o1)CC(C)(C)CC2NC1CCN(C)C1. The van der Waals surface area contributed by atoms with Gasteiger partial charge in [-0.1, -0.05) is 13.8 Å². The maximum absolute atomic E-state index is 5.91. The van der Waals surface area contributed by atoms with Crippen molar-refractivity contribution in [2.45, 2.75) is 52.1 Å². The number of likely N-dealkylation sites (N-methyl/N-ethyl adjacent to an activating group) is 1. The molecule has 2 heterocycles. The average Bonchev–Trinajstić information content (AvgIpc) is 2.83. The molecule has 0 amide bonds. The highest BCUT2D eigenvalue weighted by atomic mass is 16.3. The van der Waals surface area contributed by atoms with Crippen molar-refractivity contribution < 1.29 is 4.42 Å². The van der Waals surface area contributed by atoms with E-state index in [9.17, 15) is 0 Å². The molecule has 3 nitrogen and oxygen atoms in total. The standard InChI is InChI=1S/C16H26N2O/c1-11-7-13-14(17-12-5-6-18(4)10-12)8-16(2,3)9-15(13)19-11/h7,12,14,17H,5-6,8-10H2,1-4H3. The van der Waals surface area contributed by atoms with Crippen molar-refractivity contribution in [3.05, 3.63) is 23.2 Å². The van der Waals surface area contributed by atoms with Gasteiger partial charge >= 0.3 is 0 Å². The van der Waals surface area contributed by atoms with Crippen molar-refractivity contribution in [3.63, 3.8) is 0 Å². The average molecular weight is 262 g/mol. The van der Waals surface area contributed by atoms with E-state index in [-0.39, 0.29) is 0 Å². The molecule has 1 saturated heterocycles. The molecule has 0 bridgehead atoms. The first-order valence-corrected chi connectivity index (χ1v) is 7.47. The quantitative estimate of drug-likeness (QED) is 0.888. The molecule has 1 aliphatic heterocycles. The first-order valence-electron chi connectivity index (χ1n) is 7.47. The zero-order valence-corrected chi connectivity index (χ0v) is 12.6. The summed E-state index contributed by atoms with van der Waals surface area (Å²) in [4.78, 5) is 2.41. The van der Waals surface area contributed by atoms with E-state index >= 15 is 0 Å². The fourth-order valence-corrected chi connectivity index (χ4v) is 3.69. The third-order valence-corrected chi connectivity index (χ3v) is 4.56. The number of nitrogens with zero attached hydrogens (tertiary/aromatic N) is 1. The van der Waals surface area contributed by atoms with E-state index in [2.05, 4.69) is 44.1 Å². The van der Waals surface area contributed by atoms with Gasteiger partial charge in [-0.3, -0.25) is 0 Å².